The van der Waals surface area contributed by atoms with Gasteiger partial charge >= 0.3 is 0 Å². The van der Waals surface area contributed by atoms with Gasteiger partial charge in [0.15, 0.2) is 11.5 Å². The van der Waals surface area contributed by atoms with Crippen molar-refractivity contribution in [3.05, 3.63) is 59.0 Å². The first kappa shape index (κ1) is 22.1. The molecule has 7 nitrogen and oxygen atoms in total. The number of rotatable bonds is 7. The number of methoxy groups -OCH3 is 2. The minimum absolute atomic E-state index is 0.209. The third-order valence-corrected chi connectivity index (χ3v) is 6.25. The van der Waals surface area contributed by atoms with Gasteiger partial charge in [0.05, 0.1) is 25.6 Å². The third kappa shape index (κ3) is 4.72. The lowest BCUT2D eigenvalue weighted by molar-refractivity contribution is -0.133. The molecule has 1 fully saturated rings. The van der Waals surface area contributed by atoms with Gasteiger partial charge in [0.2, 0.25) is 5.91 Å². The molecule has 0 aliphatic carbocycles. The van der Waals surface area contributed by atoms with Gasteiger partial charge in [-0.3, -0.25) is 9.69 Å². The van der Waals surface area contributed by atoms with Crippen molar-refractivity contribution in [3.8, 4) is 11.5 Å². The first-order chi connectivity index (χ1) is 15.5. The molecule has 1 saturated heterocycles. The molecule has 0 unspecified atom stereocenters. The van der Waals surface area contributed by atoms with Crippen LogP contribution in [0.25, 0.3) is 5.65 Å². The van der Waals surface area contributed by atoms with E-state index in [-0.39, 0.29) is 5.91 Å². The molecule has 32 heavy (non-hydrogen) atoms. The van der Waals surface area contributed by atoms with Crippen molar-refractivity contribution in [2.24, 2.45) is 0 Å². The number of ether oxygens (including phenoxy) is 2. The second kappa shape index (κ2) is 9.61. The Morgan fingerprint density at radius 1 is 1.00 bits per heavy atom. The number of imidazole rings is 1. The van der Waals surface area contributed by atoms with Gasteiger partial charge in [0, 0.05) is 45.3 Å². The number of hydrogen-bond donors (Lipinski definition) is 0. The van der Waals surface area contributed by atoms with Crippen LogP contribution in [0.2, 0.25) is 0 Å². The van der Waals surface area contributed by atoms with Crippen LogP contribution in [0.5, 0.6) is 11.5 Å². The zero-order valence-electron chi connectivity index (χ0n) is 19.4. The van der Waals surface area contributed by atoms with Gasteiger partial charge in [-0.25, -0.2) is 4.98 Å². The Balaban J connectivity index is 1.30. The maximum absolute atomic E-state index is 12.8. The van der Waals surface area contributed by atoms with Crippen molar-refractivity contribution in [1.82, 2.24) is 19.2 Å². The highest BCUT2D eigenvalue weighted by molar-refractivity contribution is 5.76. The zero-order chi connectivity index (χ0) is 22.7. The second-order valence-corrected chi connectivity index (χ2v) is 8.42. The molecule has 0 bridgehead atoms. The van der Waals surface area contributed by atoms with E-state index in [0.717, 1.165) is 49.6 Å². The molecule has 170 valence electrons. The van der Waals surface area contributed by atoms with Gasteiger partial charge in [0.25, 0.3) is 0 Å². The largest absolute Gasteiger partial charge is 0.493 e. The molecule has 0 radical (unpaired) electrons. The Morgan fingerprint density at radius 2 is 1.75 bits per heavy atom. The second-order valence-electron chi connectivity index (χ2n) is 8.42. The van der Waals surface area contributed by atoms with Crippen LogP contribution in [0.15, 0.2) is 36.5 Å². The molecule has 3 heterocycles. The van der Waals surface area contributed by atoms with Gasteiger partial charge in [-0.1, -0.05) is 6.07 Å². The van der Waals surface area contributed by atoms with Crippen LogP contribution in [0.3, 0.4) is 0 Å². The fourth-order valence-electron chi connectivity index (χ4n) is 4.32. The smallest absolute Gasteiger partial charge is 0.222 e. The SMILES string of the molecule is COc1ccc(CCC(=O)N2CCN(Cc3c(C)nc4cc(C)ccn34)CC2)cc1OC. The number of amides is 1. The number of aryl methyl sites for hydroxylation is 3. The first-order valence-corrected chi connectivity index (χ1v) is 11.1. The summed E-state index contributed by atoms with van der Waals surface area (Å²) in [5.74, 6) is 1.61. The summed E-state index contributed by atoms with van der Waals surface area (Å²) in [5.41, 5.74) is 5.60. The lowest BCUT2D eigenvalue weighted by Gasteiger charge is -2.34. The minimum Gasteiger partial charge on any atom is -0.493 e. The van der Waals surface area contributed by atoms with Gasteiger partial charge in [-0.15, -0.1) is 0 Å². The predicted octanol–water partition coefficient (Wildman–Crippen LogP) is 3.25. The monoisotopic (exact) mass is 436 g/mol. The van der Waals surface area contributed by atoms with E-state index in [1.54, 1.807) is 14.2 Å². The summed E-state index contributed by atoms with van der Waals surface area (Å²) >= 11 is 0. The molecule has 7 heteroatoms. The molecule has 2 aromatic heterocycles. The highest BCUT2D eigenvalue weighted by Gasteiger charge is 2.22. The molecule has 3 aromatic rings. The van der Waals surface area contributed by atoms with Crippen LogP contribution >= 0.6 is 0 Å². The van der Waals surface area contributed by atoms with Crippen LogP contribution in [-0.4, -0.2) is 65.5 Å². The fraction of sp³-hybridized carbons (Fsp3) is 0.440. The van der Waals surface area contributed by atoms with Crippen molar-refractivity contribution >= 4 is 11.6 Å². The number of aromatic nitrogens is 2. The van der Waals surface area contributed by atoms with Crippen LogP contribution in [0.1, 0.15) is 28.9 Å². The number of fused-ring (bicyclic) bond motifs is 1. The molecular formula is C25H32N4O3. The van der Waals surface area contributed by atoms with E-state index in [9.17, 15) is 4.79 Å². The van der Waals surface area contributed by atoms with E-state index in [4.69, 9.17) is 14.5 Å². The average molecular weight is 437 g/mol. The maximum Gasteiger partial charge on any atom is 0.222 e. The molecule has 0 N–H and O–H groups in total. The summed E-state index contributed by atoms with van der Waals surface area (Å²) in [5, 5.41) is 0. The number of carbonyl (C=O) groups is 1. The van der Waals surface area contributed by atoms with Crippen LogP contribution in [0, 0.1) is 13.8 Å². The summed E-state index contributed by atoms with van der Waals surface area (Å²) in [6.07, 6.45) is 3.30. The summed E-state index contributed by atoms with van der Waals surface area (Å²) < 4.78 is 12.8. The van der Waals surface area contributed by atoms with E-state index < -0.39 is 0 Å². The lowest BCUT2D eigenvalue weighted by atomic mass is 10.1. The van der Waals surface area contributed by atoms with Gasteiger partial charge in [-0.2, -0.15) is 0 Å². The molecule has 1 aliphatic heterocycles. The summed E-state index contributed by atoms with van der Waals surface area (Å²) in [7, 11) is 3.25. The number of pyridine rings is 1. The van der Waals surface area contributed by atoms with Crippen molar-refractivity contribution in [2.45, 2.75) is 33.2 Å². The van der Waals surface area contributed by atoms with Gasteiger partial charge in [-0.05, 0) is 55.7 Å². The Hall–Kier alpha value is -3.06. The van der Waals surface area contributed by atoms with E-state index >= 15 is 0 Å². The van der Waals surface area contributed by atoms with Crippen molar-refractivity contribution in [2.75, 3.05) is 40.4 Å². The maximum atomic E-state index is 12.8. The standard InChI is InChI=1S/C25H32N4O3/c1-18-9-10-29-21(19(2)26-24(29)15-18)17-27-11-13-28(14-12-27)25(30)8-6-20-5-7-22(31-3)23(16-20)32-4/h5,7,9-10,15-16H,6,8,11-14,17H2,1-4H3. The Bertz CT molecular complexity index is 1100. The van der Waals surface area contributed by atoms with E-state index in [2.05, 4.69) is 41.5 Å². The molecule has 4 rings (SSSR count). The van der Waals surface area contributed by atoms with Crippen molar-refractivity contribution in [1.29, 1.82) is 0 Å². The minimum atomic E-state index is 0.209. The Labute approximate surface area is 189 Å². The topological polar surface area (TPSA) is 59.3 Å². The van der Waals surface area contributed by atoms with Crippen LogP contribution in [0.4, 0.5) is 0 Å². The number of carbonyl (C=O) groups excluding carboxylic acids is 1. The number of piperazine rings is 1. The molecule has 1 aromatic carbocycles. The predicted molar refractivity (Wildman–Crippen MR) is 124 cm³/mol. The van der Waals surface area contributed by atoms with Crippen molar-refractivity contribution < 1.29 is 14.3 Å². The van der Waals surface area contributed by atoms with Crippen molar-refractivity contribution in [3.63, 3.8) is 0 Å². The van der Waals surface area contributed by atoms with E-state index in [1.165, 1.54) is 11.3 Å². The molecule has 1 aliphatic rings. The van der Waals surface area contributed by atoms with Crippen LogP contribution in [-0.2, 0) is 17.8 Å². The Morgan fingerprint density at radius 3 is 2.47 bits per heavy atom. The average Bonchev–Trinajstić information content (AvgIpc) is 3.11. The highest BCUT2D eigenvalue weighted by atomic mass is 16.5. The summed E-state index contributed by atoms with van der Waals surface area (Å²) in [6.45, 7) is 8.29. The van der Waals surface area contributed by atoms with E-state index in [1.807, 2.05) is 23.1 Å². The Kier molecular flexibility index (Phi) is 6.65. The molecule has 0 saturated carbocycles. The zero-order valence-corrected chi connectivity index (χ0v) is 19.4. The number of benzene rings is 1. The molecule has 0 spiro atoms. The number of hydrogen-bond acceptors (Lipinski definition) is 5. The summed E-state index contributed by atoms with van der Waals surface area (Å²) in [4.78, 5) is 21.9. The fourth-order valence-corrected chi connectivity index (χ4v) is 4.32. The number of nitrogens with zero attached hydrogens (tertiary/aromatic N) is 4. The molecule has 0 atom stereocenters. The third-order valence-electron chi connectivity index (χ3n) is 6.25. The molecule has 1 amide bonds. The van der Waals surface area contributed by atoms with Gasteiger partial charge in [0.1, 0.15) is 5.65 Å². The van der Waals surface area contributed by atoms with E-state index in [0.29, 0.717) is 24.3 Å². The van der Waals surface area contributed by atoms with Gasteiger partial charge < -0.3 is 18.8 Å². The quantitative estimate of drug-likeness (QED) is 0.569. The lowest BCUT2D eigenvalue weighted by Crippen LogP contribution is -2.48. The normalized spacial score (nSPS) is 14.7. The molecular weight excluding hydrogens is 404 g/mol. The summed E-state index contributed by atoms with van der Waals surface area (Å²) in [6, 6.07) is 10.1. The van der Waals surface area contributed by atoms with Crippen LogP contribution < -0.4 is 9.47 Å². The first-order valence-electron chi connectivity index (χ1n) is 11.1. The highest BCUT2D eigenvalue weighted by Crippen LogP contribution is 2.28.